The van der Waals surface area contributed by atoms with Crippen LogP contribution in [0.1, 0.15) is 11.5 Å². The molecule has 0 aliphatic rings. The van der Waals surface area contributed by atoms with E-state index in [1.165, 1.54) is 12.3 Å². The molecule has 3 N–H and O–H groups in total. The Labute approximate surface area is 165 Å². The number of nitrogens with one attached hydrogen (secondary N) is 1. The average Bonchev–Trinajstić information content (AvgIpc) is 3.17. The highest BCUT2D eigenvalue weighted by atomic mass is 32.2. The lowest BCUT2D eigenvalue weighted by Gasteiger charge is -2.06. The summed E-state index contributed by atoms with van der Waals surface area (Å²) in [6.45, 7) is -0.245. The zero-order chi connectivity index (χ0) is 21.9. The van der Waals surface area contributed by atoms with Gasteiger partial charge in [-0.2, -0.15) is 18.2 Å². The molecule has 0 unspecified atom stereocenters. The minimum absolute atomic E-state index is 0.0224. The topological polar surface area (TPSA) is 176 Å². The van der Waals surface area contributed by atoms with E-state index in [0.717, 1.165) is 18.5 Å². The van der Waals surface area contributed by atoms with Crippen LogP contribution in [-0.2, 0) is 27.5 Å². The van der Waals surface area contributed by atoms with E-state index in [-0.39, 0.29) is 29.0 Å². The lowest BCUT2D eigenvalue weighted by Crippen LogP contribution is -2.16. The van der Waals surface area contributed by atoms with Crippen molar-refractivity contribution in [1.82, 2.24) is 25.1 Å². The summed E-state index contributed by atoms with van der Waals surface area (Å²) in [4.78, 5) is 26.1. The first-order valence-electron chi connectivity index (χ1n) is 7.67. The molecule has 16 heteroatoms. The Bertz CT molecular complexity index is 1150. The van der Waals surface area contributed by atoms with E-state index in [4.69, 9.17) is 9.88 Å². The van der Waals surface area contributed by atoms with E-state index in [1.807, 2.05) is 0 Å². The number of anilines is 1. The molecule has 0 saturated carbocycles. The molecular weight excluding hydrogens is 435 g/mol. The monoisotopic (exact) mass is 445 g/mol. The van der Waals surface area contributed by atoms with Gasteiger partial charge >= 0.3 is 18.2 Å². The number of carbonyl (C=O) groups excluding carboxylic acids is 1. The lowest BCUT2D eigenvalue weighted by molar-refractivity contribution is -0.159. The number of aromatic nitrogens is 5. The number of pyridine rings is 1. The zero-order valence-corrected chi connectivity index (χ0v) is 15.3. The molecule has 0 bridgehead atoms. The van der Waals surface area contributed by atoms with Gasteiger partial charge in [-0.1, -0.05) is 11.2 Å². The van der Waals surface area contributed by atoms with Gasteiger partial charge in [0, 0.05) is 24.2 Å². The maximum atomic E-state index is 12.5. The van der Waals surface area contributed by atoms with E-state index < -0.39 is 28.2 Å². The van der Waals surface area contributed by atoms with Crippen LogP contribution in [0.25, 0.3) is 11.4 Å². The van der Waals surface area contributed by atoms with Gasteiger partial charge in [0.2, 0.25) is 11.8 Å². The van der Waals surface area contributed by atoms with Crippen molar-refractivity contribution in [2.45, 2.75) is 17.8 Å². The van der Waals surface area contributed by atoms with E-state index in [9.17, 15) is 26.4 Å². The molecule has 3 aromatic heterocycles. The summed E-state index contributed by atoms with van der Waals surface area (Å²) in [5, 5.41) is 9.95. The molecule has 3 aromatic rings. The molecule has 158 valence electrons. The molecule has 0 spiro atoms. The quantitative estimate of drug-likeness (QED) is 0.582. The van der Waals surface area contributed by atoms with Crippen LogP contribution in [0.4, 0.5) is 23.9 Å². The number of nitrogens with two attached hydrogens (primary N) is 1. The molecule has 0 radical (unpaired) electrons. The molecule has 0 aromatic carbocycles. The Kier molecular flexibility index (Phi) is 5.61. The number of nitrogens with zero attached hydrogens (tertiary/aromatic N) is 5. The predicted octanol–water partition coefficient (Wildman–Crippen LogP) is 1.34. The van der Waals surface area contributed by atoms with Gasteiger partial charge in [-0.15, -0.1) is 0 Å². The van der Waals surface area contributed by atoms with E-state index in [2.05, 4.69) is 34.9 Å². The van der Waals surface area contributed by atoms with Gasteiger partial charge in [0.15, 0.2) is 5.03 Å². The number of amides is 1. The molecular formula is C14H10F3N7O5S. The largest absolute Gasteiger partial charge is 0.471 e. The van der Waals surface area contributed by atoms with Gasteiger partial charge in [-0.05, 0) is 6.07 Å². The number of halogens is 3. The third-order valence-corrected chi connectivity index (χ3v) is 4.08. The minimum Gasteiger partial charge on any atom is -0.444 e. The standard InChI is InChI=1S/C14H10F3N7O5S/c15-14(16,17)11-22-10(24-29-11)8-4-20-12(21-5-8)23-13(25)28-6-7-1-2-9(19-3-7)30(18,26)27/h1-5H,6H2,(H2,18,26,27)(H,20,21,23,25). The summed E-state index contributed by atoms with van der Waals surface area (Å²) in [6.07, 6.45) is -2.42. The maximum absolute atomic E-state index is 12.5. The van der Waals surface area contributed by atoms with Gasteiger partial charge in [0.1, 0.15) is 6.61 Å². The molecule has 0 atom stereocenters. The minimum atomic E-state index is -4.79. The first-order chi connectivity index (χ1) is 14.0. The van der Waals surface area contributed by atoms with Crippen LogP contribution in [-0.4, -0.2) is 39.6 Å². The van der Waals surface area contributed by atoms with Gasteiger partial charge < -0.3 is 9.26 Å². The van der Waals surface area contributed by atoms with Crippen LogP contribution in [0.5, 0.6) is 0 Å². The molecule has 0 fully saturated rings. The summed E-state index contributed by atoms with van der Waals surface area (Å²) < 4.78 is 68.6. The normalized spacial score (nSPS) is 11.9. The van der Waals surface area contributed by atoms with Crippen molar-refractivity contribution in [2.75, 3.05) is 5.32 Å². The number of hydrogen-bond acceptors (Lipinski definition) is 10. The van der Waals surface area contributed by atoms with Crippen molar-refractivity contribution in [3.05, 3.63) is 42.2 Å². The third kappa shape index (κ3) is 5.23. The average molecular weight is 445 g/mol. The Morgan fingerprint density at radius 1 is 1.17 bits per heavy atom. The molecule has 0 aliphatic heterocycles. The summed E-state index contributed by atoms with van der Waals surface area (Å²) in [5.41, 5.74) is 0.403. The van der Waals surface area contributed by atoms with Gasteiger partial charge in [0.25, 0.3) is 10.0 Å². The van der Waals surface area contributed by atoms with Crippen molar-refractivity contribution in [2.24, 2.45) is 5.14 Å². The van der Waals surface area contributed by atoms with Gasteiger partial charge in [-0.25, -0.2) is 33.3 Å². The van der Waals surface area contributed by atoms with Gasteiger partial charge in [0.05, 0.1) is 5.56 Å². The molecule has 1 amide bonds. The number of alkyl halides is 3. The van der Waals surface area contributed by atoms with Crippen LogP contribution in [0.3, 0.4) is 0 Å². The number of carbonyl (C=O) groups is 1. The predicted molar refractivity (Wildman–Crippen MR) is 89.7 cm³/mol. The fourth-order valence-corrected chi connectivity index (χ4v) is 2.36. The molecule has 12 nitrogen and oxygen atoms in total. The van der Waals surface area contributed by atoms with Gasteiger partial charge in [-0.3, -0.25) is 5.32 Å². The number of primary sulfonamides is 1. The first-order valence-corrected chi connectivity index (χ1v) is 9.22. The van der Waals surface area contributed by atoms with Crippen molar-refractivity contribution in [1.29, 1.82) is 0 Å². The number of ether oxygens (including phenoxy) is 1. The number of rotatable bonds is 5. The van der Waals surface area contributed by atoms with Crippen LogP contribution in [0.15, 0.2) is 40.3 Å². The summed E-state index contributed by atoms with van der Waals surface area (Å²) in [5.74, 6) is -2.10. The number of hydrogen-bond donors (Lipinski definition) is 2. The second-order valence-electron chi connectivity index (χ2n) is 5.47. The first kappa shape index (κ1) is 21.1. The summed E-state index contributed by atoms with van der Waals surface area (Å²) in [6, 6.07) is 2.50. The molecule has 3 rings (SSSR count). The second kappa shape index (κ2) is 7.99. The molecule has 3 heterocycles. The highest BCUT2D eigenvalue weighted by molar-refractivity contribution is 7.89. The highest BCUT2D eigenvalue weighted by Crippen LogP contribution is 2.29. The van der Waals surface area contributed by atoms with Crippen LogP contribution < -0.4 is 10.5 Å². The fraction of sp³-hybridized carbons (Fsp3) is 0.143. The van der Waals surface area contributed by atoms with Crippen molar-refractivity contribution in [3.8, 4) is 11.4 Å². The van der Waals surface area contributed by atoms with Crippen molar-refractivity contribution < 1.29 is 35.6 Å². The van der Waals surface area contributed by atoms with E-state index in [1.54, 1.807) is 0 Å². The zero-order valence-electron chi connectivity index (χ0n) is 14.5. The fourth-order valence-electron chi connectivity index (χ4n) is 1.90. The summed E-state index contributed by atoms with van der Waals surface area (Å²) >= 11 is 0. The van der Waals surface area contributed by atoms with Crippen molar-refractivity contribution >= 4 is 22.1 Å². The SMILES string of the molecule is NS(=O)(=O)c1ccc(COC(=O)Nc2ncc(-c3noc(C(F)(F)F)n3)cn2)cn1. The molecule has 0 saturated heterocycles. The van der Waals surface area contributed by atoms with Crippen LogP contribution in [0, 0.1) is 0 Å². The smallest absolute Gasteiger partial charge is 0.444 e. The van der Waals surface area contributed by atoms with Crippen LogP contribution in [0.2, 0.25) is 0 Å². The number of sulfonamides is 1. The van der Waals surface area contributed by atoms with E-state index >= 15 is 0 Å². The highest BCUT2D eigenvalue weighted by Gasteiger charge is 2.38. The lowest BCUT2D eigenvalue weighted by atomic mass is 10.3. The Hall–Kier alpha value is -3.66. The Balaban J connectivity index is 1.56. The van der Waals surface area contributed by atoms with E-state index in [0.29, 0.717) is 5.56 Å². The maximum Gasteiger partial charge on any atom is 0.471 e. The Morgan fingerprint density at radius 3 is 2.40 bits per heavy atom. The Morgan fingerprint density at radius 2 is 1.87 bits per heavy atom. The van der Waals surface area contributed by atoms with Crippen molar-refractivity contribution in [3.63, 3.8) is 0 Å². The summed E-state index contributed by atoms with van der Waals surface area (Å²) in [7, 11) is -3.94. The third-order valence-electron chi connectivity index (χ3n) is 3.25. The molecule has 30 heavy (non-hydrogen) atoms. The second-order valence-corrected chi connectivity index (χ2v) is 6.98. The van der Waals surface area contributed by atoms with Crippen LogP contribution >= 0.6 is 0 Å². The molecule has 0 aliphatic carbocycles.